The average Bonchev–Trinajstić information content (AvgIpc) is 1.89. The number of nitrogens with one attached hydrogen (secondary N) is 2. The number of hydrogen-bond donors (Lipinski definition) is 2. The third-order valence-corrected chi connectivity index (χ3v) is 0.984. The van der Waals surface area contributed by atoms with Gasteiger partial charge in [0.15, 0.2) is 6.19 Å². The van der Waals surface area contributed by atoms with E-state index >= 15 is 0 Å². The molecule has 0 aromatic heterocycles. The van der Waals surface area contributed by atoms with Crippen molar-refractivity contribution in [1.29, 1.82) is 5.26 Å². The second-order valence-corrected chi connectivity index (χ2v) is 1.75. The maximum Gasteiger partial charge on any atom is 0.176 e. The fraction of sp³-hybridized carbons (Fsp3) is 0.833. The molecule has 2 N–H and O–H groups in total. The minimum atomic E-state index is 0.781. The Labute approximate surface area is 56.1 Å². The minimum Gasteiger partial charge on any atom is -0.324 e. The molecule has 0 unspecified atom stereocenters. The van der Waals surface area contributed by atoms with E-state index in [2.05, 4.69) is 17.6 Å². The maximum atomic E-state index is 8.04. The molecule has 0 aromatic carbocycles. The van der Waals surface area contributed by atoms with Crippen LogP contribution in [0.25, 0.3) is 0 Å². The second-order valence-electron chi connectivity index (χ2n) is 1.75. The molecule has 0 bridgehead atoms. The zero-order valence-electron chi connectivity index (χ0n) is 5.78. The second kappa shape index (κ2) is 7.25. The van der Waals surface area contributed by atoms with Gasteiger partial charge in [0.2, 0.25) is 0 Å². The van der Waals surface area contributed by atoms with Crippen molar-refractivity contribution in [2.24, 2.45) is 0 Å². The lowest BCUT2D eigenvalue weighted by atomic mass is 10.4. The first kappa shape index (κ1) is 8.25. The van der Waals surface area contributed by atoms with E-state index in [0.29, 0.717) is 0 Å². The van der Waals surface area contributed by atoms with Gasteiger partial charge in [-0.3, -0.25) is 0 Å². The SMILES string of the molecule is CCNCCCNC#N. The van der Waals surface area contributed by atoms with Crippen molar-refractivity contribution in [2.45, 2.75) is 13.3 Å². The molecule has 0 radical (unpaired) electrons. The van der Waals surface area contributed by atoms with Crippen molar-refractivity contribution in [3.8, 4) is 6.19 Å². The molecule has 3 heteroatoms. The number of nitriles is 1. The largest absolute Gasteiger partial charge is 0.324 e. The lowest BCUT2D eigenvalue weighted by Gasteiger charge is -1.97. The Morgan fingerprint density at radius 2 is 2.22 bits per heavy atom. The van der Waals surface area contributed by atoms with E-state index in [1.54, 1.807) is 0 Å². The summed E-state index contributed by atoms with van der Waals surface area (Å²) < 4.78 is 0. The Kier molecular flexibility index (Phi) is 6.65. The van der Waals surface area contributed by atoms with E-state index in [1.807, 2.05) is 6.19 Å². The van der Waals surface area contributed by atoms with Crippen molar-refractivity contribution in [3.63, 3.8) is 0 Å². The van der Waals surface area contributed by atoms with Gasteiger partial charge in [-0.15, -0.1) is 0 Å². The predicted octanol–water partition coefficient (Wildman–Crippen LogP) is 0.0567. The molecule has 0 atom stereocenters. The van der Waals surface area contributed by atoms with Gasteiger partial charge in [0.05, 0.1) is 0 Å². The molecule has 0 amide bonds. The van der Waals surface area contributed by atoms with Crippen LogP contribution in [0.4, 0.5) is 0 Å². The summed E-state index contributed by atoms with van der Waals surface area (Å²) in [5.41, 5.74) is 0. The monoisotopic (exact) mass is 127 g/mol. The van der Waals surface area contributed by atoms with Crippen LogP contribution in [0.2, 0.25) is 0 Å². The fourth-order valence-electron chi connectivity index (χ4n) is 0.534. The predicted molar refractivity (Wildman–Crippen MR) is 36.8 cm³/mol. The van der Waals surface area contributed by atoms with Gasteiger partial charge in [-0.2, -0.15) is 5.26 Å². The molecule has 0 fully saturated rings. The molecule has 0 saturated heterocycles. The van der Waals surface area contributed by atoms with E-state index in [9.17, 15) is 0 Å². The molecule has 3 nitrogen and oxygen atoms in total. The van der Waals surface area contributed by atoms with E-state index in [4.69, 9.17) is 5.26 Å². The van der Waals surface area contributed by atoms with Gasteiger partial charge in [0, 0.05) is 6.54 Å². The first-order valence-electron chi connectivity index (χ1n) is 3.24. The van der Waals surface area contributed by atoms with Crippen LogP contribution in [0.15, 0.2) is 0 Å². The third-order valence-electron chi connectivity index (χ3n) is 0.984. The standard InChI is InChI=1S/C6H13N3/c1-2-8-4-3-5-9-6-7/h8-9H,2-5H2,1H3. The number of rotatable bonds is 5. The molecule has 0 heterocycles. The first-order valence-corrected chi connectivity index (χ1v) is 3.24. The van der Waals surface area contributed by atoms with E-state index < -0.39 is 0 Å². The van der Waals surface area contributed by atoms with Crippen molar-refractivity contribution in [3.05, 3.63) is 0 Å². The molecule has 0 spiro atoms. The van der Waals surface area contributed by atoms with Crippen molar-refractivity contribution in [2.75, 3.05) is 19.6 Å². The van der Waals surface area contributed by atoms with Crippen LogP contribution >= 0.6 is 0 Å². The Hall–Kier alpha value is -0.750. The maximum absolute atomic E-state index is 8.04. The highest BCUT2D eigenvalue weighted by molar-refractivity contribution is 4.64. The number of nitrogens with zero attached hydrogens (tertiary/aromatic N) is 1. The van der Waals surface area contributed by atoms with Gasteiger partial charge in [-0.05, 0) is 19.5 Å². The normalized spacial score (nSPS) is 8.44. The molecule has 0 rings (SSSR count). The summed E-state index contributed by atoms with van der Waals surface area (Å²) in [6.07, 6.45) is 2.88. The summed E-state index contributed by atoms with van der Waals surface area (Å²) in [5, 5.41) is 13.8. The van der Waals surface area contributed by atoms with Crippen LogP contribution in [0.5, 0.6) is 0 Å². The Morgan fingerprint density at radius 1 is 1.44 bits per heavy atom. The molecule has 0 saturated carbocycles. The molecule has 0 aliphatic carbocycles. The van der Waals surface area contributed by atoms with Crippen LogP contribution in [0.3, 0.4) is 0 Å². The summed E-state index contributed by atoms with van der Waals surface area (Å²) in [7, 11) is 0. The Bertz CT molecular complexity index is 84.8. The molecule has 0 aromatic rings. The highest BCUT2D eigenvalue weighted by atomic mass is 14.9. The van der Waals surface area contributed by atoms with Crippen molar-refractivity contribution < 1.29 is 0 Å². The Balaban J connectivity index is 2.69. The van der Waals surface area contributed by atoms with Crippen LogP contribution < -0.4 is 10.6 Å². The van der Waals surface area contributed by atoms with E-state index in [-0.39, 0.29) is 0 Å². The first-order chi connectivity index (χ1) is 4.41. The highest BCUT2D eigenvalue weighted by Crippen LogP contribution is 1.70. The zero-order valence-corrected chi connectivity index (χ0v) is 5.78. The van der Waals surface area contributed by atoms with Crippen molar-refractivity contribution in [1.82, 2.24) is 10.6 Å². The topological polar surface area (TPSA) is 47.8 Å². The van der Waals surface area contributed by atoms with E-state index in [1.165, 1.54) is 0 Å². The van der Waals surface area contributed by atoms with Gasteiger partial charge in [0.25, 0.3) is 0 Å². The van der Waals surface area contributed by atoms with Gasteiger partial charge in [-0.25, -0.2) is 0 Å². The lowest BCUT2D eigenvalue weighted by molar-refractivity contribution is 0.656. The molecule has 0 aliphatic heterocycles. The van der Waals surface area contributed by atoms with Crippen LogP contribution in [-0.2, 0) is 0 Å². The smallest absolute Gasteiger partial charge is 0.176 e. The van der Waals surface area contributed by atoms with Crippen LogP contribution in [0, 0.1) is 11.5 Å². The van der Waals surface area contributed by atoms with Crippen LogP contribution in [0.1, 0.15) is 13.3 Å². The number of hydrogen-bond acceptors (Lipinski definition) is 3. The van der Waals surface area contributed by atoms with Crippen molar-refractivity contribution >= 4 is 0 Å². The van der Waals surface area contributed by atoms with Crippen LogP contribution in [-0.4, -0.2) is 19.6 Å². The zero-order chi connectivity index (χ0) is 6.95. The van der Waals surface area contributed by atoms with Gasteiger partial charge >= 0.3 is 0 Å². The molecule has 52 valence electrons. The summed E-state index contributed by atoms with van der Waals surface area (Å²) in [4.78, 5) is 0. The summed E-state index contributed by atoms with van der Waals surface area (Å²) in [5.74, 6) is 0. The fourth-order valence-corrected chi connectivity index (χ4v) is 0.534. The summed E-state index contributed by atoms with van der Waals surface area (Å²) >= 11 is 0. The summed E-state index contributed by atoms with van der Waals surface area (Å²) in [6.45, 7) is 4.85. The minimum absolute atomic E-state index is 0.781. The lowest BCUT2D eigenvalue weighted by Crippen LogP contribution is -2.18. The van der Waals surface area contributed by atoms with E-state index in [0.717, 1.165) is 26.1 Å². The van der Waals surface area contributed by atoms with Gasteiger partial charge < -0.3 is 10.6 Å². The third kappa shape index (κ3) is 7.25. The quantitative estimate of drug-likeness (QED) is 0.312. The average molecular weight is 127 g/mol. The van der Waals surface area contributed by atoms with Gasteiger partial charge in [0.1, 0.15) is 0 Å². The molecule has 0 aliphatic rings. The van der Waals surface area contributed by atoms with Gasteiger partial charge in [-0.1, -0.05) is 6.92 Å². The molecular formula is C6H13N3. The Morgan fingerprint density at radius 3 is 2.78 bits per heavy atom. The highest BCUT2D eigenvalue weighted by Gasteiger charge is 1.82. The molecular weight excluding hydrogens is 114 g/mol. The summed E-state index contributed by atoms with van der Waals surface area (Å²) in [6, 6.07) is 0. The molecule has 9 heavy (non-hydrogen) atoms.